The van der Waals surface area contributed by atoms with Gasteiger partial charge in [0.25, 0.3) is 5.56 Å². The van der Waals surface area contributed by atoms with Gasteiger partial charge in [0.15, 0.2) is 4.90 Å². The highest BCUT2D eigenvalue weighted by Gasteiger charge is 2.32. The van der Waals surface area contributed by atoms with Crippen molar-refractivity contribution in [1.82, 2.24) is 14.5 Å². The Morgan fingerprint density at radius 2 is 1.76 bits per heavy atom. The first-order chi connectivity index (χ1) is 18.3. The summed E-state index contributed by atoms with van der Waals surface area (Å²) in [5, 5.41) is 11.4. The van der Waals surface area contributed by atoms with Gasteiger partial charge in [-0.2, -0.15) is 4.98 Å². The van der Waals surface area contributed by atoms with E-state index in [9.17, 15) is 18.3 Å². The van der Waals surface area contributed by atoms with Gasteiger partial charge in [-0.05, 0) is 54.3 Å². The van der Waals surface area contributed by atoms with Crippen LogP contribution in [0, 0.1) is 6.92 Å². The molecule has 0 bridgehead atoms. The summed E-state index contributed by atoms with van der Waals surface area (Å²) in [6.45, 7) is 4.00. The van der Waals surface area contributed by atoms with Crippen LogP contribution in [-0.4, -0.2) is 48.4 Å². The second kappa shape index (κ2) is 11.7. The van der Waals surface area contributed by atoms with Gasteiger partial charge < -0.3 is 14.6 Å². The maximum Gasteiger partial charge on any atom is 0.296 e. The third kappa shape index (κ3) is 5.38. The van der Waals surface area contributed by atoms with Crippen LogP contribution in [0.5, 0.6) is 5.88 Å². The maximum absolute atomic E-state index is 13.7. The van der Waals surface area contributed by atoms with Gasteiger partial charge in [0.2, 0.25) is 15.7 Å². The molecule has 0 aliphatic carbocycles. The van der Waals surface area contributed by atoms with Crippen molar-refractivity contribution in [3.05, 3.63) is 100 Å². The van der Waals surface area contributed by atoms with Crippen molar-refractivity contribution in [1.29, 1.82) is 0 Å². The van der Waals surface area contributed by atoms with Crippen molar-refractivity contribution in [2.75, 3.05) is 20.3 Å². The number of benzene rings is 2. The van der Waals surface area contributed by atoms with Crippen molar-refractivity contribution in [2.45, 2.75) is 36.3 Å². The Morgan fingerprint density at radius 3 is 2.39 bits per heavy atom. The lowest BCUT2D eigenvalue weighted by Gasteiger charge is -2.25. The monoisotopic (exact) mass is 535 g/mol. The largest absolute Gasteiger partial charge is 0.493 e. The number of ether oxygens (including phenoxy) is 2. The lowest BCUT2D eigenvalue weighted by atomic mass is 10.0. The predicted molar refractivity (Wildman–Crippen MR) is 142 cm³/mol. The molecule has 9 nitrogen and oxygen atoms in total. The molecule has 0 saturated carbocycles. The van der Waals surface area contributed by atoms with Crippen molar-refractivity contribution in [3.63, 3.8) is 0 Å². The molecule has 2 aromatic carbocycles. The first-order valence-corrected chi connectivity index (χ1v) is 13.5. The standard InChI is InChI=1S/C28H29N3O6S/c1-4-37-18-25-30-27(32)26(28(33)31(25)24(17-36-3)21-8-6-5-7-9-21)38(34,35)22-12-10-20(11-13-22)23-14-15-29-16-19(23)2/h5-16,24,33H,4,17-18H2,1-3H3. The molecule has 2 aromatic heterocycles. The zero-order valence-electron chi connectivity index (χ0n) is 21.4. The quantitative estimate of drug-likeness (QED) is 0.324. The van der Waals surface area contributed by atoms with Gasteiger partial charge in [-0.3, -0.25) is 14.3 Å². The molecule has 4 rings (SSSR count). The Bertz CT molecular complexity index is 1570. The topological polar surface area (TPSA) is 121 Å². The molecule has 4 aromatic rings. The minimum absolute atomic E-state index is 0.0840. The summed E-state index contributed by atoms with van der Waals surface area (Å²) >= 11 is 0. The number of pyridine rings is 1. The molecule has 38 heavy (non-hydrogen) atoms. The SMILES string of the molecule is CCOCc1nc(=O)c(S(=O)(=O)c2ccc(-c3ccncc3C)cc2)c(O)n1C(COC)c1ccccc1. The fraction of sp³-hybridized carbons (Fsp3) is 0.250. The summed E-state index contributed by atoms with van der Waals surface area (Å²) in [6.07, 6.45) is 3.38. The second-order valence-corrected chi connectivity index (χ2v) is 10.5. The Labute approximate surface area is 221 Å². The number of aromatic nitrogens is 3. The van der Waals surface area contributed by atoms with E-state index < -0.39 is 32.2 Å². The molecular weight excluding hydrogens is 506 g/mol. The third-order valence-electron chi connectivity index (χ3n) is 6.15. The van der Waals surface area contributed by atoms with E-state index in [1.807, 2.05) is 43.3 Å². The second-order valence-electron chi connectivity index (χ2n) is 8.59. The fourth-order valence-electron chi connectivity index (χ4n) is 4.29. The van der Waals surface area contributed by atoms with Crippen LogP contribution in [-0.2, 0) is 25.9 Å². The zero-order chi connectivity index (χ0) is 27.3. The number of methoxy groups -OCH3 is 1. The Balaban J connectivity index is 1.87. The number of aromatic hydroxyl groups is 1. The van der Waals surface area contributed by atoms with Crippen LogP contribution in [0.2, 0.25) is 0 Å². The molecule has 198 valence electrons. The van der Waals surface area contributed by atoms with E-state index in [2.05, 4.69) is 9.97 Å². The molecule has 1 atom stereocenters. The lowest BCUT2D eigenvalue weighted by Crippen LogP contribution is -2.29. The summed E-state index contributed by atoms with van der Waals surface area (Å²) in [5.74, 6) is -0.637. The van der Waals surface area contributed by atoms with Gasteiger partial charge in [-0.15, -0.1) is 0 Å². The minimum Gasteiger partial charge on any atom is -0.493 e. The first-order valence-electron chi connectivity index (χ1n) is 12.0. The first kappa shape index (κ1) is 27.2. The molecule has 0 fully saturated rings. The van der Waals surface area contributed by atoms with Crippen molar-refractivity contribution in [3.8, 4) is 17.0 Å². The third-order valence-corrected chi connectivity index (χ3v) is 7.94. The maximum atomic E-state index is 13.7. The highest BCUT2D eigenvalue weighted by atomic mass is 32.2. The van der Waals surface area contributed by atoms with Crippen molar-refractivity contribution >= 4 is 9.84 Å². The van der Waals surface area contributed by atoms with Crippen LogP contribution in [0.3, 0.4) is 0 Å². The Morgan fingerprint density at radius 1 is 1.05 bits per heavy atom. The minimum atomic E-state index is -4.44. The molecule has 0 aliphatic heterocycles. The van der Waals surface area contributed by atoms with Gasteiger partial charge in [-0.1, -0.05) is 42.5 Å². The van der Waals surface area contributed by atoms with Gasteiger partial charge in [0, 0.05) is 26.1 Å². The predicted octanol–water partition coefficient (Wildman–Crippen LogP) is 3.92. The van der Waals surface area contributed by atoms with Gasteiger partial charge in [-0.25, -0.2) is 8.42 Å². The number of sulfone groups is 1. The number of nitrogens with zero attached hydrogens (tertiary/aromatic N) is 3. The van der Waals surface area contributed by atoms with E-state index in [4.69, 9.17) is 9.47 Å². The lowest BCUT2D eigenvalue weighted by molar-refractivity contribution is 0.114. The molecule has 0 spiro atoms. The van der Waals surface area contributed by atoms with E-state index in [0.717, 1.165) is 22.3 Å². The molecule has 1 unspecified atom stereocenters. The van der Waals surface area contributed by atoms with Crippen LogP contribution in [0.4, 0.5) is 0 Å². The molecule has 0 saturated heterocycles. The molecule has 0 aliphatic rings. The normalized spacial score (nSPS) is 12.4. The summed E-state index contributed by atoms with van der Waals surface area (Å²) < 4.78 is 39.6. The van der Waals surface area contributed by atoms with E-state index in [1.165, 1.54) is 23.8 Å². The summed E-state index contributed by atoms with van der Waals surface area (Å²) in [4.78, 5) is 20.3. The van der Waals surface area contributed by atoms with Crippen LogP contribution in [0.25, 0.3) is 11.1 Å². The molecule has 1 N–H and O–H groups in total. The number of hydrogen-bond acceptors (Lipinski definition) is 8. The molecule has 2 heterocycles. The van der Waals surface area contributed by atoms with E-state index in [1.54, 1.807) is 31.5 Å². The van der Waals surface area contributed by atoms with E-state index >= 15 is 0 Å². The van der Waals surface area contributed by atoms with Crippen molar-refractivity contribution < 1.29 is 23.0 Å². The summed E-state index contributed by atoms with van der Waals surface area (Å²) in [5.41, 5.74) is 2.30. The number of hydrogen-bond donors (Lipinski definition) is 1. The number of aryl methyl sites for hydroxylation is 1. The zero-order valence-corrected chi connectivity index (χ0v) is 22.2. The molecule has 0 radical (unpaired) electrons. The molecular formula is C28H29N3O6S. The van der Waals surface area contributed by atoms with Crippen LogP contribution >= 0.6 is 0 Å². The fourth-order valence-corrected chi connectivity index (χ4v) is 5.63. The van der Waals surface area contributed by atoms with Crippen molar-refractivity contribution in [2.24, 2.45) is 0 Å². The molecule has 0 amide bonds. The van der Waals surface area contributed by atoms with Gasteiger partial charge in [0.05, 0.1) is 17.5 Å². The van der Waals surface area contributed by atoms with Crippen LogP contribution in [0.15, 0.2) is 87.6 Å². The average Bonchev–Trinajstić information content (AvgIpc) is 2.91. The summed E-state index contributed by atoms with van der Waals surface area (Å²) in [7, 11) is -2.94. The smallest absolute Gasteiger partial charge is 0.296 e. The van der Waals surface area contributed by atoms with Crippen LogP contribution < -0.4 is 5.56 Å². The van der Waals surface area contributed by atoms with E-state index in [0.29, 0.717) is 6.61 Å². The highest BCUT2D eigenvalue weighted by molar-refractivity contribution is 7.91. The molecule has 10 heteroatoms. The average molecular weight is 536 g/mol. The Hall–Kier alpha value is -3.86. The van der Waals surface area contributed by atoms with Gasteiger partial charge in [0.1, 0.15) is 12.4 Å². The van der Waals surface area contributed by atoms with Crippen LogP contribution in [0.1, 0.15) is 29.9 Å². The Kier molecular flexibility index (Phi) is 8.35. The highest BCUT2D eigenvalue weighted by Crippen LogP contribution is 2.33. The number of rotatable bonds is 10. The van der Waals surface area contributed by atoms with E-state index in [-0.39, 0.29) is 23.9 Å². The summed E-state index contributed by atoms with van der Waals surface area (Å²) in [6, 6.07) is 16.4. The van der Waals surface area contributed by atoms with Gasteiger partial charge >= 0.3 is 0 Å².